The number of nitrogens with zero attached hydrogens (tertiary/aromatic N) is 4. The SMILES string of the molecule is CC(=O)Nc1cn2nc(-c3cncc(C(=O)NCc4cc(OC(F)(F)F)ccc4F)c3)ccc2n1. The van der Waals surface area contributed by atoms with Crippen LogP contribution >= 0.6 is 0 Å². The first-order valence-electron chi connectivity index (χ1n) is 9.99. The average molecular weight is 488 g/mol. The topological polar surface area (TPSA) is 111 Å². The van der Waals surface area contributed by atoms with Crippen LogP contribution in [0.15, 0.2) is 55.0 Å². The second kappa shape index (κ2) is 9.37. The minimum Gasteiger partial charge on any atom is -0.406 e. The molecule has 0 saturated heterocycles. The number of ether oxygens (including phenoxy) is 1. The summed E-state index contributed by atoms with van der Waals surface area (Å²) in [7, 11) is 0. The van der Waals surface area contributed by atoms with Crippen molar-refractivity contribution < 1.29 is 31.9 Å². The molecule has 0 aliphatic rings. The van der Waals surface area contributed by atoms with E-state index in [0.717, 1.165) is 18.2 Å². The fourth-order valence-electron chi connectivity index (χ4n) is 3.14. The lowest BCUT2D eigenvalue weighted by molar-refractivity contribution is -0.274. The summed E-state index contributed by atoms with van der Waals surface area (Å²) in [5.74, 6) is -1.99. The van der Waals surface area contributed by atoms with Gasteiger partial charge in [-0.25, -0.2) is 13.9 Å². The molecule has 2 amide bonds. The van der Waals surface area contributed by atoms with Gasteiger partial charge in [0.25, 0.3) is 5.91 Å². The fraction of sp³-hybridized carbons (Fsp3) is 0.136. The van der Waals surface area contributed by atoms with E-state index in [1.807, 2.05) is 0 Å². The largest absolute Gasteiger partial charge is 0.573 e. The van der Waals surface area contributed by atoms with Crippen molar-refractivity contribution in [2.24, 2.45) is 0 Å². The van der Waals surface area contributed by atoms with Gasteiger partial charge in [-0.15, -0.1) is 13.2 Å². The van der Waals surface area contributed by atoms with Crippen LogP contribution in [0.1, 0.15) is 22.8 Å². The van der Waals surface area contributed by atoms with Crippen LogP contribution in [0.3, 0.4) is 0 Å². The molecule has 0 unspecified atom stereocenters. The number of aromatic nitrogens is 4. The lowest BCUT2D eigenvalue weighted by Gasteiger charge is -2.11. The maximum Gasteiger partial charge on any atom is 0.573 e. The van der Waals surface area contributed by atoms with Gasteiger partial charge in [-0.1, -0.05) is 0 Å². The van der Waals surface area contributed by atoms with Gasteiger partial charge in [-0.2, -0.15) is 5.10 Å². The number of hydrogen-bond acceptors (Lipinski definition) is 6. The number of carbonyl (C=O) groups is 2. The second-order valence-electron chi connectivity index (χ2n) is 7.27. The minimum absolute atomic E-state index is 0.122. The number of halogens is 4. The van der Waals surface area contributed by atoms with Gasteiger partial charge in [0.1, 0.15) is 11.6 Å². The molecule has 35 heavy (non-hydrogen) atoms. The predicted octanol–water partition coefficient (Wildman–Crippen LogP) is 3.72. The first-order chi connectivity index (χ1) is 16.6. The molecule has 0 radical (unpaired) electrons. The smallest absolute Gasteiger partial charge is 0.406 e. The van der Waals surface area contributed by atoms with Gasteiger partial charge in [0.2, 0.25) is 5.91 Å². The van der Waals surface area contributed by atoms with E-state index >= 15 is 0 Å². The summed E-state index contributed by atoms with van der Waals surface area (Å²) >= 11 is 0. The quantitative estimate of drug-likeness (QED) is 0.401. The van der Waals surface area contributed by atoms with Gasteiger partial charge in [-0.05, 0) is 36.4 Å². The van der Waals surface area contributed by atoms with Crippen molar-refractivity contribution in [3.05, 3.63) is 71.9 Å². The normalized spacial score (nSPS) is 11.3. The number of anilines is 1. The lowest BCUT2D eigenvalue weighted by atomic mass is 10.1. The third-order valence-corrected chi connectivity index (χ3v) is 4.61. The van der Waals surface area contributed by atoms with Crippen molar-refractivity contribution in [2.75, 3.05) is 5.32 Å². The van der Waals surface area contributed by atoms with Gasteiger partial charge in [0, 0.05) is 37.0 Å². The predicted molar refractivity (Wildman–Crippen MR) is 115 cm³/mol. The van der Waals surface area contributed by atoms with Crippen LogP contribution in [-0.4, -0.2) is 37.8 Å². The van der Waals surface area contributed by atoms with Crippen LogP contribution in [0.5, 0.6) is 5.75 Å². The van der Waals surface area contributed by atoms with E-state index in [1.54, 1.807) is 12.1 Å². The molecule has 1 aromatic carbocycles. The fourth-order valence-corrected chi connectivity index (χ4v) is 3.14. The molecule has 2 N–H and O–H groups in total. The summed E-state index contributed by atoms with van der Waals surface area (Å²) in [5, 5.41) is 9.40. The molecular weight excluding hydrogens is 472 g/mol. The van der Waals surface area contributed by atoms with Crippen LogP contribution in [0.2, 0.25) is 0 Å². The van der Waals surface area contributed by atoms with Crippen molar-refractivity contribution in [3.63, 3.8) is 0 Å². The number of nitrogens with one attached hydrogen (secondary N) is 2. The highest BCUT2D eigenvalue weighted by Gasteiger charge is 2.31. The molecule has 4 rings (SSSR count). The number of pyridine rings is 1. The summed E-state index contributed by atoms with van der Waals surface area (Å²) in [4.78, 5) is 32.0. The zero-order valence-corrected chi connectivity index (χ0v) is 17.9. The number of carbonyl (C=O) groups excluding carboxylic acids is 2. The molecule has 3 aromatic heterocycles. The van der Waals surface area contributed by atoms with Gasteiger partial charge in [0.05, 0.1) is 17.5 Å². The maximum absolute atomic E-state index is 14.0. The van der Waals surface area contributed by atoms with E-state index in [1.165, 1.54) is 36.1 Å². The maximum atomic E-state index is 14.0. The first-order valence-corrected chi connectivity index (χ1v) is 9.99. The highest BCUT2D eigenvalue weighted by atomic mass is 19.4. The Morgan fingerprint density at radius 2 is 1.91 bits per heavy atom. The number of benzene rings is 1. The Kier molecular flexibility index (Phi) is 6.32. The summed E-state index contributed by atoms with van der Waals surface area (Å²) in [6.45, 7) is 0.974. The van der Waals surface area contributed by atoms with E-state index in [9.17, 15) is 27.2 Å². The van der Waals surface area contributed by atoms with Crippen LogP contribution in [0.25, 0.3) is 16.9 Å². The van der Waals surface area contributed by atoms with Gasteiger partial charge < -0.3 is 15.4 Å². The third kappa shape index (κ3) is 5.88. The van der Waals surface area contributed by atoms with Gasteiger partial charge >= 0.3 is 6.36 Å². The zero-order valence-electron chi connectivity index (χ0n) is 17.9. The monoisotopic (exact) mass is 488 g/mol. The number of rotatable bonds is 6. The van der Waals surface area contributed by atoms with Crippen LogP contribution in [0, 0.1) is 5.82 Å². The van der Waals surface area contributed by atoms with Crippen LogP contribution in [-0.2, 0) is 11.3 Å². The molecule has 4 aromatic rings. The molecule has 0 aliphatic carbocycles. The second-order valence-corrected chi connectivity index (χ2v) is 7.27. The van der Waals surface area contributed by atoms with E-state index in [-0.39, 0.29) is 23.6 Å². The number of imidazole rings is 1. The summed E-state index contributed by atoms with van der Waals surface area (Å²) < 4.78 is 56.4. The first kappa shape index (κ1) is 23.6. The molecule has 0 aliphatic heterocycles. The number of hydrogen-bond donors (Lipinski definition) is 2. The van der Waals surface area contributed by atoms with Crippen molar-refractivity contribution >= 4 is 23.3 Å². The molecule has 0 bridgehead atoms. The van der Waals surface area contributed by atoms with E-state index < -0.39 is 23.8 Å². The summed E-state index contributed by atoms with van der Waals surface area (Å²) in [6.07, 6.45) is -0.643. The molecule has 0 atom stereocenters. The number of alkyl halides is 3. The molecule has 0 saturated carbocycles. The Morgan fingerprint density at radius 3 is 2.66 bits per heavy atom. The Hall–Kier alpha value is -4.55. The molecule has 0 fully saturated rings. The van der Waals surface area contributed by atoms with Gasteiger partial charge in [0.15, 0.2) is 11.5 Å². The molecule has 0 spiro atoms. The molecule has 13 heteroatoms. The van der Waals surface area contributed by atoms with Crippen molar-refractivity contribution in [1.29, 1.82) is 0 Å². The van der Waals surface area contributed by atoms with Gasteiger partial charge in [-0.3, -0.25) is 14.6 Å². The van der Waals surface area contributed by atoms with Crippen molar-refractivity contribution in [2.45, 2.75) is 19.8 Å². The number of amides is 2. The highest BCUT2D eigenvalue weighted by Crippen LogP contribution is 2.25. The van der Waals surface area contributed by atoms with E-state index in [0.29, 0.717) is 22.7 Å². The van der Waals surface area contributed by atoms with E-state index in [2.05, 4.69) is 30.4 Å². The summed E-state index contributed by atoms with van der Waals surface area (Å²) in [5.41, 5.74) is 1.36. The minimum atomic E-state index is -4.93. The Labute approximate surface area is 194 Å². The number of fused-ring (bicyclic) bond motifs is 1. The van der Waals surface area contributed by atoms with Crippen molar-refractivity contribution in [1.82, 2.24) is 24.9 Å². The third-order valence-electron chi connectivity index (χ3n) is 4.61. The van der Waals surface area contributed by atoms with Crippen LogP contribution < -0.4 is 15.4 Å². The highest BCUT2D eigenvalue weighted by molar-refractivity contribution is 5.95. The van der Waals surface area contributed by atoms with Crippen molar-refractivity contribution in [3.8, 4) is 17.0 Å². The molecule has 9 nitrogen and oxygen atoms in total. The Bertz CT molecular complexity index is 1420. The molecule has 3 heterocycles. The summed E-state index contributed by atoms with van der Waals surface area (Å²) in [6, 6.07) is 7.34. The zero-order chi connectivity index (χ0) is 25.2. The Morgan fingerprint density at radius 1 is 1.11 bits per heavy atom. The van der Waals surface area contributed by atoms with E-state index in [4.69, 9.17) is 0 Å². The Balaban J connectivity index is 1.50. The average Bonchev–Trinajstić information content (AvgIpc) is 3.19. The lowest BCUT2D eigenvalue weighted by Crippen LogP contribution is -2.24. The van der Waals surface area contributed by atoms with Crippen LogP contribution in [0.4, 0.5) is 23.4 Å². The molecular formula is C22H16F4N6O3. The standard InChI is InChI=1S/C22H16F4N6O3/c1-12(33)29-19-11-32-20(30-19)5-4-18(31-32)14-6-15(9-27-8-14)21(34)28-10-13-7-16(2-3-17(13)23)35-22(24,25)26/h2-9,11H,10H2,1H3,(H,28,34)(H,29,33). The molecule has 180 valence electrons.